The molecule has 0 saturated carbocycles. The molecule has 0 atom stereocenters. The van der Waals surface area contributed by atoms with Crippen molar-refractivity contribution in [2.45, 2.75) is 26.2 Å². The largest absolute Gasteiger partial charge is 0.356 e. The summed E-state index contributed by atoms with van der Waals surface area (Å²) in [7, 11) is 0. The average molecular weight is 230 g/mol. The van der Waals surface area contributed by atoms with Gasteiger partial charge in [0.2, 0.25) is 0 Å². The Morgan fingerprint density at radius 1 is 1.35 bits per heavy atom. The van der Waals surface area contributed by atoms with E-state index < -0.39 is 0 Å². The Morgan fingerprint density at radius 2 is 2.18 bits per heavy atom. The molecule has 1 aliphatic heterocycles. The van der Waals surface area contributed by atoms with Crippen molar-refractivity contribution in [2.24, 2.45) is 5.92 Å². The molecule has 0 amide bonds. The third-order valence-electron chi connectivity index (χ3n) is 3.70. The molecular weight excluding hydrogens is 212 g/mol. The highest BCUT2D eigenvalue weighted by Gasteiger charge is 2.14. The van der Waals surface area contributed by atoms with Crippen molar-refractivity contribution in [3.63, 3.8) is 0 Å². The van der Waals surface area contributed by atoms with Crippen molar-refractivity contribution in [1.29, 1.82) is 0 Å². The van der Waals surface area contributed by atoms with Crippen molar-refractivity contribution >= 4 is 11.0 Å². The Labute approximate surface area is 101 Å². The van der Waals surface area contributed by atoms with E-state index in [4.69, 9.17) is 4.52 Å². The zero-order valence-corrected chi connectivity index (χ0v) is 10.2. The third kappa shape index (κ3) is 2.20. The lowest BCUT2D eigenvalue weighted by molar-refractivity contribution is 0.373. The standard InChI is InChI=1S/C14H18N2O/c1-10-13-9-12(2-3-14(13)17-16-10)8-11-4-6-15-7-5-11/h2-3,9,11,15H,4-8H2,1H3. The Balaban J connectivity index is 1.82. The third-order valence-corrected chi connectivity index (χ3v) is 3.70. The summed E-state index contributed by atoms with van der Waals surface area (Å²) in [6.45, 7) is 4.33. The minimum atomic E-state index is 0.828. The first-order chi connectivity index (χ1) is 8.33. The zero-order chi connectivity index (χ0) is 11.7. The smallest absolute Gasteiger partial charge is 0.167 e. The van der Waals surface area contributed by atoms with Crippen LogP contribution in [0.4, 0.5) is 0 Å². The molecule has 2 aromatic rings. The van der Waals surface area contributed by atoms with Crippen LogP contribution in [0.5, 0.6) is 0 Å². The second-order valence-electron chi connectivity index (χ2n) is 5.00. The number of nitrogens with zero attached hydrogens (tertiary/aromatic N) is 1. The number of piperidine rings is 1. The van der Waals surface area contributed by atoms with E-state index in [1.807, 2.05) is 13.0 Å². The summed E-state index contributed by atoms with van der Waals surface area (Å²) in [5, 5.41) is 8.57. The molecule has 1 aliphatic rings. The van der Waals surface area contributed by atoms with Crippen LogP contribution in [0.3, 0.4) is 0 Å². The second-order valence-corrected chi connectivity index (χ2v) is 5.00. The molecule has 3 nitrogen and oxygen atoms in total. The summed E-state index contributed by atoms with van der Waals surface area (Å²) in [4.78, 5) is 0. The maximum absolute atomic E-state index is 5.23. The van der Waals surface area contributed by atoms with Crippen LogP contribution in [0.15, 0.2) is 22.7 Å². The van der Waals surface area contributed by atoms with E-state index in [0.717, 1.165) is 22.6 Å². The quantitative estimate of drug-likeness (QED) is 0.862. The molecule has 0 spiro atoms. The molecule has 17 heavy (non-hydrogen) atoms. The summed E-state index contributed by atoms with van der Waals surface area (Å²) in [5.41, 5.74) is 3.31. The fourth-order valence-corrected chi connectivity index (χ4v) is 2.65. The summed E-state index contributed by atoms with van der Waals surface area (Å²) in [6.07, 6.45) is 3.77. The van der Waals surface area contributed by atoms with Crippen LogP contribution in [0.1, 0.15) is 24.1 Å². The lowest BCUT2D eigenvalue weighted by atomic mass is 9.90. The first-order valence-corrected chi connectivity index (χ1v) is 6.38. The van der Waals surface area contributed by atoms with Crippen molar-refractivity contribution in [1.82, 2.24) is 10.5 Å². The number of nitrogens with one attached hydrogen (secondary N) is 1. The number of hydrogen-bond acceptors (Lipinski definition) is 3. The van der Waals surface area contributed by atoms with Crippen LogP contribution in [-0.4, -0.2) is 18.2 Å². The summed E-state index contributed by atoms with van der Waals surface area (Å²) in [6, 6.07) is 6.46. The molecule has 1 N–H and O–H groups in total. The van der Waals surface area contributed by atoms with Gasteiger partial charge >= 0.3 is 0 Å². The van der Waals surface area contributed by atoms with E-state index >= 15 is 0 Å². The van der Waals surface area contributed by atoms with E-state index in [1.54, 1.807) is 0 Å². The van der Waals surface area contributed by atoms with Crippen LogP contribution >= 0.6 is 0 Å². The summed E-state index contributed by atoms with van der Waals surface area (Å²) < 4.78 is 5.23. The number of fused-ring (bicyclic) bond motifs is 1. The van der Waals surface area contributed by atoms with Gasteiger partial charge in [-0.25, -0.2) is 0 Å². The molecule has 2 heterocycles. The SMILES string of the molecule is Cc1noc2ccc(CC3CCNCC3)cc12. The van der Waals surface area contributed by atoms with Gasteiger partial charge in [0.1, 0.15) is 0 Å². The van der Waals surface area contributed by atoms with E-state index in [1.165, 1.54) is 37.9 Å². The van der Waals surface area contributed by atoms with Gasteiger partial charge in [-0.1, -0.05) is 11.2 Å². The molecule has 3 heteroatoms. The monoisotopic (exact) mass is 230 g/mol. The Bertz CT molecular complexity index is 512. The molecule has 0 unspecified atom stereocenters. The van der Waals surface area contributed by atoms with E-state index in [0.29, 0.717) is 0 Å². The lowest BCUT2D eigenvalue weighted by Crippen LogP contribution is -2.28. The first kappa shape index (κ1) is 10.8. The number of aryl methyl sites for hydroxylation is 1. The molecule has 3 rings (SSSR count). The molecule has 0 radical (unpaired) electrons. The van der Waals surface area contributed by atoms with Crippen molar-refractivity contribution in [2.75, 3.05) is 13.1 Å². The number of rotatable bonds is 2. The van der Waals surface area contributed by atoms with Gasteiger partial charge in [-0.2, -0.15) is 0 Å². The van der Waals surface area contributed by atoms with E-state index in [9.17, 15) is 0 Å². The highest BCUT2D eigenvalue weighted by atomic mass is 16.5. The molecule has 90 valence electrons. The number of hydrogen-bond donors (Lipinski definition) is 1. The number of aromatic nitrogens is 1. The summed E-state index contributed by atoms with van der Waals surface area (Å²) in [5.74, 6) is 0.828. The maximum atomic E-state index is 5.23. The molecule has 1 fully saturated rings. The van der Waals surface area contributed by atoms with Gasteiger partial charge in [-0.05, 0) is 62.9 Å². The van der Waals surface area contributed by atoms with Crippen molar-refractivity contribution in [3.8, 4) is 0 Å². The molecule has 1 saturated heterocycles. The van der Waals surface area contributed by atoms with Crippen LogP contribution in [0.2, 0.25) is 0 Å². The van der Waals surface area contributed by atoms with E-state index in [-0.39, 0.29) is 0 Å². The lowest BCUT2D eigenvalue weighted by Gasteiger charge is -2.22. The molecule has 0 aliphatic carbocycles. The van der Waals surface area contributed by atoms with Crippen LogP contribution in [0, 0.1) is 12.8 Å². The van der Waals surface area contributed by atoms with Gasteiger partial charge in [0, 0.05) is 5.39 Å². The van der Waals surface area contributed by atoms with Crippen molar-refractivity contribution < 1.29 is 4.52 Å². The average Bonchev–Trinajstić information content (AvgIpc) is 2.73. The van der Waals surface area contributed by atoms with Crippen molar-refractivity contribution in [3.05, 3.63) is 29.5 Å². The summed E-state index contributed by atoms with van der Waals surface area (Å²) >= 11 is 0. The first-order valence-electron chi connectivity index (χ1n) is 6.38. The highest BCUT2D eigenvalue weighted by Crippen LogP contribution is 2.23. The second kappa shape index (κ2) is 4.49. The predicted molar refractivity (Wildman–Crippen MR) is 68.0 cm³/mol. The molecule has 1 aromatic heterocycles. The molecular formula is C14H18N2O. The number of benzene rings is 1. The fraction of sp³-hybridized carbons (Fsp3) is 0.500. The van der Waals surface area contributed by atoms with Gasteiger partial charge in [0.25, 0.3) is 0 Å². The molecule has 1 aromatic carbocycles. The maximum Gasteiger partial charge on any atom is 0.167 e. The van der Waals surface area contributed by atoms with Crippen LogP contribution in [-0.2, 0) is 6.42 Å². The normalized spacial score (nSPS) is 17.7. The zero-order valence-electron chi connectivity index (χ0n) is 10.2. The highest BCUT2D eigenvalue weighted by molar-refractivity contribution is 5.79. The minimum absolute atomic E-state index is 0.828. The van der Waals surface area contributed by atoms with E-state index in [2.05, 4.69) is 22.6 Å². The van der Waals surface area contributed by atoms with Crippen LogP contribution < -0.4 is 5.32 Å². The van der Waals surface area contributed by atoms with Gasteiger partial charge in [0.15, 0.2) is 5.58 Å². The predicted octanol–water partition coefficient (Wildman–Crippen LogP) is 2.68. The van der Waals surface area contributed by atoms with Crippen LogP contribution in [0.25, 0.3) is 11.0 Å². The molecule has 0 bridgehead atoms. The van der Waals surface area contributed by atoms with Gasteiger partial charge in [-0.15, -0.1) is 0 Å². The topological polar surface area (TPSA) is 38.1 Å². The Kier molecular flexibility index (Phi) is 2.85. The fourth-order valence-electron chi connectivity index (χ4n) is 2.65. The van der Waals surface area contributed by atoms with Gasteiger partial charge < -0.3 is 9.84 Å². The van der Waals surface area contributed by atoms with Gasteiger partial charge in [0.05, 0.1) is 5.69 Å². The Morgan fingerprint density at radius 3 is 3.00 bits per heavy atom. The minimum Gasteiger partial charge on any atom is -0.356 e. The van der Waals surface area contributed by atoms with Gasteiger partial charge in [-0.3, -0.25) is 0 Å². The Hall–Kier alpha value is -1.35.